The molecule has 3 heteroatoms. The molecule has 0 radical (unpaired) electrons. The number of nitrogens with one attached hydrogen (secondary N) is 1. The van der Waals surface area contributed by atoms with Crippen LogP contribution in [0.4, 0.5) is 4.39 Å². The molecule has 80 valence electrons. The molecule has 0 spiro atoms. The van der Waals surface area contributed by atoms with Gasteiger partial charge in [0.15, 0.2) is 0 Å². The van der Waals surface area contributed by atoms with Crippen molar-refractivity contribution in [1.29, 1.82) is 0 Å². The summed E-state index contributed by atoms with van der Waals surface area (Å²) in [7, 11) is 0. The Labute approximate surface area is 93.9 Å². The molecule has 0 saturated carbocycles. The molecule has 1 aliphatic heterocycles. The predicted molar refractivity (Wildman–Crippen MR) is 61.5 cm³/mol. The highest BCUT2D eigenvalue weighted by Crippen LogP contribution is 2.20. The summed E-state index contributed by atoms with van der Waals surface area (Å²) in [4.78, 5) is 0. The molecule has 1 nitrogen and oxygen atoms in total. The molecule has 2 rings (SSSR count). The first kappa shape index (κ1) is 10.7. The summed E-state index contributed by atoms with van der Waals surface area (Å²) in [6.45, 7) is 1.97. The standard InChI is InChI=1S/C12H13ClFN/c13-11-2-1-10(12(14)8-11)7-9-3-5-15-6-4-9/h1-2,7-8,15H,3-6H2. The van der Waals surface area contributed by atoms with Crippen molar-refractivity contribution in [3.63, 3.8) is 0 Å². The molecule has 1 saturated heterocycles. The fourth-order valence-electron chi connectivity index (χ4n) is 1.73. The van der Waals surface area contributed by atoms with Crippen molar-refractivity contribution in [3.8, 4) is 0 Å². The first-order valence-corrected chi connectivity index (χ1v) is 5.49. The molecule has 0 amide bonds. The van der Waals surface area contributed by atoms with E-state index in [2.05, 4.69) is 5.32 Å². The molecule has 0 aromatic heterocycles. The SMILES string of the molecule is Fc1cc(Cl)ccc1C=C1CCNCC1. The molecule has 1 aromatic rings. The minimum Gasteiger partial charge on any atom is -0.316 e. The van der Waals surface area contributed by atoms with Crippen molar-refractivity contribution >= 4 is 17.7 Å². The van der Waals surface area contributed by atoms with Gasteiger partial charge >= 0.3 is 0 Å². The molecule has 0 unspecified atom stereocenters. The second-order valence-electron chi connectivity index (χ2n) is 3.72. The van der Waals surface area contributed by atoms with Gasteiger partial charge in [0.25, 0.3) is 0 Å². The largest absolute Gasteiger partial charge is 0.316 e. The van der Waals surface area contributed by atoms with Crippen LogP contribution >= 0.6 is 11.6 Å². The Kier molecular flexibility index (Phi) is 3.39. The summed E-state index contributed by atoms with van der Waals surface area (Å²) in [5.41, 5.74) is 1.94. The van der Waals surface area contributed by atoms with E-state index in [4.69, 9.17) is 11.6 Å². The topological polar surface area (TPSA) is 12.0 Å². The lowest BCUT2D eigenvalue weighted by Crippen LogP contribution is -2.22. The van der Waals surface area contributed by atoms with E-state index in [1.165, 1.54) is 11.6 Å². The van der Waals surface area contributed by atoms with Gasteiger partial charge in [-0.25, -0.2) is 4.39 Å². The van der Waals surface area contributed by atoms with E-state index in [9.17, 15) is 4.39 Å². The van der Waals surface area contributed by atoms with E-state index in [-0.39, 0.29) is 5.82 Å². The third kappa shape index (κ3) is 2.80. The molecule has 1 aromatic carbocycles. The molecule has 15 heavy (non-hydrogen) atoms. The first-order chi connectivity index (χ1) is 7.25. The number of hydrogen-bond donors (Lipinski definition) is 1. The van der Waals surface area contributed by atoms with Gasteiger partial charge in [0.05, 0.1) is 0 Å². The van der Waals surface area contributed by atoms with Crippen LogP contribution in [0.5, 0.6) is 0 Å². The molecular formula is C12H13ClFN. The van der Waals surface area contributed by atoms with E-state index in [0.717, 1.165) is 25.9 Å². The zero-order chi connectivity index (χ0) is 10.7. The van der Waals surface area contributed by atoms with Gasteiger partial charge in [-0.2, -0.15) is 0 Å². The second kappa shape index (κ2) is 4.77. The summed E-state index contributed by atoms with van der Waals surface area (Å²) < 4.78 is 13.5. The Bertz CT molecular complexity index is 379. The predicted octanol–water partition coefficient (Wildman–Crippen LogP) is 3.25. The summed E-state index contributed by atoms with van der Waals surface area (Å²) in [5, 5.41) is 3.71. The highest BCUT2D eigenvalue weighted by atomic mass is 35.5. The van der Waals surface area contributed by atoms with Crippen LogP contribution in [0.1, 0.15) is 18.4 Å². The van der Waals surface area contributed by atoms with E-state index >= 15 is 0 Å². The van der Waals surface area contributed by atoms with Crippen LogP contribution in [-0.2, 0) is 0 Å². The van der Waals surface area contributed by atoms with Crippen LogP contribution in [0.2, 0.25) is 5.02 Å². The zero-order valence-electron chi connectivity index (χ0n) is 8.39. The quantitative estimate of drug-likeness (QED) is 0.774. The molecule has 1 N–H and O–H groups in total. The lowest BCUT2D eigenvalue weighted by atomic mass is 10.0. The van der Waals surface area contributed by atoms with Gasteiger partial charge in [-0.1, -0.05) is 29.3 Å². The van der Waals surface area contributed by atoms with Crippen LogP contribution < -0.4 is 5.32 Å². The highest BCUT2D eigenvalue weighted by molar-refractivity contribution is 6.30. The molecule has 0 atom stereocenters. The Hall–Kier alpha value is -0.860. The Morgan fingerprint density at radius 1 is 1.27 bits per heavy atom. The van der Waals surface area contributed by atoms with Gasteiger partial charge in [0.2, 0.25) is 0 Å². The lowest BCUT2D eigenvalue weighted by Gasteiger charge is -2.15. The van der Waals surface area contributed by atoms with Crippen molar-refractivity contribution in [2.75, 3.05) is 13.1 Å². The Balaban J connectivity index is 2.22. The number of hydrogen-bond acceptors (Lipinski definition) is 1. The molecule has 1 aliphatic rings. The summed E-state index contributed by atoms with van der Waals surface area (Å²) in [6.07, 6.45) is 3.94. The van der Waals surface area contributed by atoms with Crippen molar-refractivity contribution in [3.05, 3.63) is 40.2 Å². The van der Waals surface area contributed by atoms with E-state index in [1.54, 1.807) is 12.1 Å². The molecule has 0 aliphatic carbocycles. The van der Waals surface area contributed by atoms with Crippen LogP contribution in [-0.4, -0.2) is 13.1 Å². The maximum atomic E-state index is 13.5. The maximum Gasteiger partial charge on any atom is 0.131 e. The average Bonchev–Trinajstić information content (AvgIpc) is 2.24. The Morgan fingerprint density at radius 2 is 2.00 bits per heavy atom. The first-order valence-electron chi connectivity index (χ1n) is 5.11. The third-order valence-electron chi connectivity index (χ3n) is 2.57. The van der Waals surface area contributed by atoms with Gasteiger partial charge in [-0.05, 0) is 38.1 Å². The summed E-state index contributed by atoms with van der Waals surface area (Å²) >= 11 is 5.69. The smallest absolute Gasteiger partial charge is 0.131 e. The van der Waals surface area contributed by atoms with Gasteiger partial charge < -0.3 is 5.32 Å². The normalized spacial score (nSPS) is 16.5. The monoisotopic (exact) mass is 225 g/mol. The average molecular weight is 226 g/mol. The minimum absolute atomic E-state index is 0.242. The number of piperidine rings is 1. The second-order valence-corrected chi connectivity index (χ2v) is 4.15. The zero-order valence-corrected chi connectivity index (χ0v) is 9.15. The molecule has 1 fully saturated rings. The van der Waals surface area contributed by atoms with Gasteiger partial charge in [-0.3, -0.25) is 0 Å². The highest BCUT2D eigenvalue weighted by Gasteiger charge is 2.06. The van der Waals surface area contributed by atoms with Crippen molar-refractivity contribution < 1.29 is 4.39 Å². The number of halogens is 2. The van der Waals surface area contributed by atoms with Crippen molar-refractivity contribution in [1.82, 2.24) is 5.32 Å². The van der Waals surface area contributed by atoms with E-state index in [0.29, 0.717) is 10.6 Å². The molecule has 0 bridgehead atoms. The number of rotatable bonds is 1. The van der Waals surface area contributed by atoms with E-state index < -0.39 is 0 Å². The third-order valence-corrected chi connectivity index (χ3v) is 2.80. The van der Waals surface area contributed by atoms with Crippen molar-refractivity contribution in [2.24, 2.45) is 0 Å². The summed E-state index contributed by atoms with van der Waals surface area (Å²) in [6, 6.07) is 4.81. The fourth-order valence-corrected chi connectivity index (χ4v) is 1.89. The Morgan fingerprint density at radius 3 is 2.67 bits per heavy atom. The van der Waals surface area contributed by atoms with Gasteiger partial charge in [0, 0.05) is 10.6 Å². The van der Waals surface area contributed by atoms with Gasteiger partial charge in [0.1, 0.15) is 5.82 Å². The maximum absolute atomic E-state index is 13.5. The van der Waals surface area contributed by atoms with Crippen LogP contribution in [0.25, 0.3) is 6.08 Å². The van der Waals surface area contributed by atoms with Crippen LogP contribution in [0.15, 0.2) is 23.8 Å². The molecule has 1 heterocycles. The fraction of sp³-hybridized carbons (Fsp3) is 0.333. The number of benzene rings is 1. The van der Waals surface area contributed by atoms with Crippen LogP contribution in [0, 0.1) is 5.82 Å². The molecular weight excluding hydrogens is 213 g/mol. The lowest BCUT2D eigenvalue weighted by molar-refractivity contribution is 0.609. The minimum atomic E-state index is -0.242. The summed E-state index contributed by atoms with van der Waals surface area (Å²) in [5.74, 6) is -0.242. The van der Waals surface area contributed by atoms with E-state index in [1.807, 2.05) is 6.08 Å². The van der Waals surface area contributed by atoms with Crippen molar-refractivity contribution in [2.45, 2.75) is 12.8 Å². The van der Waals surface area contributed by atoms with Gasteiger partial charge in [-0.15, -0.1) is 0 Å². The van der Waals surface area contributed by atoms with Crippen LogP contribution in [0.3, 0.4) is 0 Å².